The summed E-state index contributed by atoms with van der Waals surface area (Å²) in [5, 5.41) is 11.7. The van der Waals surface area contributed by atoms with E-state index in [9.17, 15) is 14.7 Å². The molecule has 188 valence electrons. The number of aromatic nitrogens is 1. The standard InChI is InChI=1S/C29H26N2O5S/c1-5-17-11-14-20-22(15-17)37-29(30-20)31-24(19-7-6-8-21(35-3)27(19)36-4)23(26(33)28(31)34)25(32)18-12-9-16(2)10-13-18/h6-15,24,32H,5H2,1-4H3/t24-/m1/s1. The van der Waals surface area contributed by atoms with Gasteiger partial charge in [-0.05, 0) is 37.1 Å². The minimum Gasteiger partial charge on any atom is -0.507 e. The number of nitrogens with zero attached hydrogens (tertiary/aromatic N) is 2. The summed E-state index contributed by atoms with van der Waals surface area (Å²) in [6.07, 6.45) is 0.866. The first-order valence-electron chi connectivity index (χ1n) is 11.9. The van der Waals surface area contributed by atoms with Crippen molar-refractivity contribution < 1.29 is 24.2 Å². The molecule has 3 aromatic carbocycles. The molecule has 1 fully saturated rings. The highest BCUT2D eigenvalue weighted by Crippen LogP contribution is 2.48. The van der Waals surface area contributed by atoms with E-state index in [0.29, 0.717) is 27.8 Å². The predicted octanol–water partition coefficient (Wildman–Crippen LogP) is 5.81. The SMILES string of the molecule is CCc1ccc2nc(N3C(=O)C(=O)C(=C(O)c4ccc(C)cc4)[C@H]3c3cccc(OC)c3OC)sc2c1. The van der Waals surface area contributed by atoms with Crippen molar-refractivity contribution >= 4 is 44.1 Å². The molecule has 4 aromatic rings. The number of carbonyl (C=O) groups is 2. The number of methoxy groups -OCH3 is 2. The highest BCUT2D eigenvalue weighted by Gasteiger charge is 2.49. The van der Waals surface area contributed by atoms with Gasteiger partial charge in [-0.1, -0.05) is 66.3 Å². The van der Waals surface area contributed by atoms with Crippen LogP contribution in [0.5, 0.6) is 11.5 Å². The van der Waals surface area contributed by atoms with Crippen molar-refractivity contribution in [3.05, 3.63) is 88.5 Å². The lowest BCUT2D eigenvalue weighted by Crippen LogP contribution is -2.29. The Morgan fingerprint density at radius 3 is 2.49 bits per heavy atom. The molecule has 0 bridgehead atoms. The molecule has 1 amide bonds. The van der Waals surface area contributed by atoms with Crippen molar-refractivity contribution in [3.8, 4) is 11.5 Å². The molecule has 0 radical (unpaired) electrons. The number of aliphatic hydroxyl groups is 1. The van der Waals surface area contributed by atoms with E-state index in [-0.39, 0.29) is 11.3 Å². The van der Waals surface area contributed by atoms with Crippen LogP contribution in [-0.2, 0) is 16.0 Å². The second kappa shape index (κ2) is 9.71. The zero-order valence-electron chi connectivity index (χ0n) is 20.9. The van der Waals surface area contributed by atoms with Gasteiger partial charge in [0.1, 0.15) is 11.8 Å². The first-order valence-corrected chi connectivity index (χ1v) is 12.7. The summed E-state index contributed by atoms with van der Waals surface area (Å²) in [5.74, 6) is -1.01. The maximum atomic E-state index is 13.6. The number of benzene rings is 3. The molecule has 1 aliphatic heterocycles. The van der Waals surface area contributed by atoms with E-state index < -0.39 is 17.7 Å². The maximum absolute atomic E-state index is 13.6. The number of Topliss-reactive ketones (excluding diaryl/α,β-unsaturated/α-hetero) is 1. The van der Waals surface area contributed by atoms with Gasteiger partial charge in [-0.15, -0.1) is 0 Å². The first-order chi connectivity index (χ1) is 17.9. The Hall–Kier alpha value is -4.17. The van der Waals surface area contributed by atoms with Crippen LogP contribution >= 0.6 is 11.3 Å². The number of thiazole rings is 1. The molecule has 0 saturated carbocycles. The summed E-state index contributed by atoms with van der Waals surface area (Å²) in [6.45, 7) is 4.00. The second-order valence-corrected chi connectivity index (χ2v) is 9.78. The van der Waals surface area contributed by atoms with Crippen LogP contribution in [0, 0.1) is 6.92 Å². The van der Waals surface area contributed by atoms with Crippen LogP contribution in [0.2, 0.25) is 0 Å². The summed E-state index contributed by atoms with van der Waals surface area (Å²) in [5.41, 5.74) is 3.79. The number of amides is 1. The van der Waals surface area contributed by atoms with E-state index in [4.69, 9.17) is 14.5 Å². The average Bonchev–Trinajstić information content (AvgIpc) is 3.45. The minimum atomic E-state index is -0.974. The van der Waals surface area contributed by atoms with Gasteiger partial charge in [0, 0.05) is 11.1 Å². The van der Waals surface area contributed by atoms with Crippen molar-refractivity contribution in [1.82, 2.24) is 4.98 Å². The second-order valence-electron chi connectivity index (χ2n) is 8.77. The maximum Gasteiger partial charge on any atom is 0.301 e. The van der Waals surface area contributed by atoms with E-state index in [1.807, 2.05) is 37.3 Å². The Balaban J connectivity index is 1.77. The van der Waals surface area contributed by atoms with Gasteiger partial charge in [0.05, 0.1) is 30.0 Å². The van der Waals surface area contributed by atoms with Crippen LogP contribution < -0.4 is 14.4 Å². The summed E-state index contributed by atoms with van der Waals surface area (Å²) < 4.78 is 12.1. The molecular weight excluding hydrogens is 488 g/mol. The third kappa shape index (κ3) is 4.13. The number of ketones is 1. The van der Waals surface area contributed by atoms with Crippen LogP contribution in [0.3, 0.4) is 0 Å². The van der Waals surface area contributed by atoms with E-state index in [1.165, 1.54) is 30.5 Å². The van der Waals surface area contributed by atoms with Gasteiger partial charge in [0.15, 0.2) is 16.6 Å². The quantitative estimate of drug-likeness (QED) is 0.198. The topological polar surface area (TPSA) is 89.0 Å². The van der Waals surface area contributed by atoms with Crippen molar-refractivity contribution in [2.24, 2.45) is 0 Å². The van der Waals surface area contributed by atoms with Crippen LogP contribution in [0.25, 0.3) is 16.0 Å². The molecule has 0 aliphatic carbocycles. The summed E-state index contributed by atoms with van der Waals surface area (Å²) in [6, 6.07) is 17.4. The number of hydrogen-bond donors (Lipinski definition) is 1. The molecule has 1 aliphatic rings. The summed E-state index contributed by atoms with van der Waals surface area (Å²) >= 11 is 1.33. The van der Waals surface area contributed by atoms with Crippen molar-refractivity contribution in [2.45, 2.75) is 26.3 Å². The number of hydrogen-bond acceptors (Lipinski definition) is 7. The lowest BCUT2D eigenvalue weighted by Gasteiger charge is -2.25. The Kier molecular flexibility index (Phi) is 6.43. The molecule has 8 heteroatoms. The first kappa shape index (κ1) is 24.5. The number of anilines is 1. The number of aliphatic hydroxyl groups excluding tert-OH is 1. The van der Waals surface area contributed by atoms with E-state index in [1.54, 1.807) is 30.3 Å². The average molecular weight is 515 g/mol. The molecule has 1 N–H and O–H groups in total. The number of carbonyl (C=O) groups excluding carboxylic acids is 2. The molecule has 1 atom stereocenters. The molecule has 0 spiro atoms. The molecule has 7 nitrogen and oxygen atoms in total. The monoisotopic (exact) mass is 514 g/mol. The van der Waals surface area contributed by atoms with Gasteiger partial charge in [-0.25, -0.2) is 4.98 Å². The van der Waals surface area contributed by atoms with E-state index in [2.05, 4.69) is 6.92 Å². The molecular formula is C29H26N2O5S. The molecule has 37 heavy (non-hydrogen) atoms. The van der Waals surface area contributed by atoms with E-state index in [0.717, 1.165) is 27.8 Å². The fourth-order valence-electron chi connectivity index (χ4n) is 4.60. The van der Waals surface area contributed by atoms with Gasteiger partial charge >= 0.3 is 5.91 Å². The Labute approximate surface area is 218 Å². The summed E-state index contributed by atoms with van der Waals surface area (Å²) in [7, 11) is 3.02. The molecule has 2 heterocycles. The third-order valence-electron chi connectivity index (χ3n) is 6.55. The lowest BCUT2D eigenvalue weighted by atomic mass is 9.94. The Morgan fingerprint density at radius 2 is 1.81 bits per heavy atom. The number of para-hydroxylation sites is 1. The highest BCUT2D eigenvalue weighted by atomic mass is 32.1. The van der Waals surface area contributed by atoms with Gasteiger partial charge in [-0.3, -0.25) is 14.5 Å². The number of rotatable bonds is 6. The van der Waals surface area contributed by atoms with Crippen molar-refractivity contribution in [1.29, 1.82) is 0 Å². The highest BCUT2D eigenvalue weighted by molar-refractivity contribution is 7.22. The molecule has 1 aromatic heterocycles. The van der Waals surface area contributed by atoms with Crippen molar-refractivity contribution in [2.75, 3.05) is 19.1 Å². The number of ether oxygens (including phenoxy) is 2. The zero-order valence-corrected chi connectivity index (χ0v) is 21.8. The zero-order chi connectivity index (χ0) is 26.3. The Bertz CT molecular complexity index is 1550. The lowest BCUT2D eigenvalue weighted by molar-refractivity contribution is -0.132. The minimum absolute atomic E-state index is 0.0334. The van der Waals surface area contributed by atoms with Gasteiger partial charge in [0.2, 0.25) is 0 Å². The fraction of sp³-hybridized carbons (Fsp3) is 0.207. The normalized spacial score (nSPS) is 17.0. The van der Waals surface area contributed by atoms with Crippen molar-refractivity contribution in [3.63, 3.8) is 0 Å². The predicted molar refractivity (Wildman–Crippen MR) is 145 cm³/mol. The third-order valence-corrected chi connectivity index (χ3v) is 7.57. The number of aryl methyl sites for hydroxylation is 2. The van der Waals surface area contributed by atoms with Crippen LogP contribution in [-0.4, -0.2) is 36.0 Å². The number of fused-ring (bicyclic) bond motifs is 1. The molecule has 5 rings (SSSR count). The van der Waals surface area contributed by atoms with Crippen LogP contribution in [0.4, 0.5) is 5.13 Å². The van der Waals surface area contributed by atoms with Crippen LogP contribution in [0.15, 0.2) is 66.2 Å². The van der Waals surface area contributed by atoms with Crippen LogP contribution in [0.1, 0.15) is 35.2 Å². The summed E-state index contributed by atoms with van der Waals surface area (Å²) in [4.78, 5) is 33.1. The Morgan fingerprint density at radius 1 is 1.05 bits per heavy atom. The van der Waals surface area contributed by atoms with E-state index >= 15 is 0 Å². The fourth-order valence-corrected chi connectivity index (χ4v) is 5.65. The largest absolute Gasteiger partial charge is 0.507 e. The molecule has 0 unspecified atom stereocenters. The van der Waals surface area contributed by atoms with Gasteiger partial charge in [-0.2, -0.15) is 0 Å². The van der Waals surface area contributed by atoms with Gasteiger partial charge in [0.25, 0.3) is 5.78 Å². The smallest absolute Gasteiger partial charge is 0.301 e. The molecule has 1 saturated heterocycles. The van der Waals surface area contributed by atoms with Gasteiger partial charge < -0.3 is 14.6 Å².